The highest BCUT2D eigenvalue weighted by molar-refractivity contribution is 6.24. The minimum absolute atomic E-state index is 0.0304. The number of ether oxygens (including phenoxy) is 1. The van der Waals surface area contributed by atoms with Crippen LogP contribution in [0.4, 0.5) is 4.39 Å². The Labute approximate surface area is 192 Å². The highest BCUT2D eigenvalue weighted by atomic mass is 35.5. The average molecular weight is 462 g/mol. The first kappa shape index (κ1) is 20.8. The molecule has 1 amide bonds. The SMILES string of the molecule is O=C(O)C1CCCN1C(=O)c1cc(C2CC2)c(OC2[C@@H]3CC4C[C@H]2CC(Cl)(C4)C3)cc1F. The summed E-state index contributed by atoms with van der Waals surface area (Å²) in [5.41, 5.74) is 0.868. The van der Waals surface area contributed by atoms with Crippen LogP contribution in [0.1, 0.15) is 79.6 Å². The van der Waals surface area contributed by atoms with Gasteiger partial charge in [-0.25, -0.2) is 9.18 Å². The molecule has 1 heterocycles. The number of likely N-dealkylation sites (tertiary alicyclic amines) is 1. The van der Waals surface area contributed by atoms with E-state index in [2.05, 4.69) is 0 Å². The van der Waals surface area contributed by atoms with Crippen molar-refractivity contribution in [3.8, 4) is 5.75 Å². The first-order valence-corrected chi connectivity index (χ1v) is 12.4. The fourth-order valence-electron chi connectivity index (χ4n) is 7.19. The molecule has 6 aliphatic rings. The minimum Gasteiger partial charge on any atom is -0.489 e. The molecular formula is C25H29ClFNO4. The van der Waals surface area contributed by atoms with Gasteiger partial charge in [-0.2, -0.15) is 0 Å². The highest BCUT2D eigenvalue weighted by Crippen LogP contribution is 2.59. The van der Waals surface area contributed by atoms with Crippen LogP contribution in [0.25, 0.3) is 0 Å². The minimum atomic E-state index is -1.03. The van der Waals surface area contributed by atoms with Gasteiger partial charge in [0.1, 0.15) is 23.7 Å². The molecule has 0 spiro atoms. The molecule has 172 valence electrons. The van der Waals surface area contributed by atoms with Crippen molar-refractivity contribution in [3.05, 3.63) is 29.1 Å². The second-order valence-electron chi connectivity index (χ2n) is 10.8. The number of carboxylic acids is 1. The number of hydrogen-bond acceptors (Lipinski definition) is 3. The van der Waals surface area contributed by atoms with Crippen molar-refractivity contribution in [1.82, 2.24) is 4.90 Å². The summed E-state index contributed by atoms with van der Waals surface area (Å²) in [7, 11) is 0. The molecule has 0 aromatic heterocycles. The number of alkyl halides is 1. The molecule has 4 unspecified atom stereocenters. The van der Waals surface area contributed by atoms with Gasteiger partial charge in [-0.15, -0.1) is 11.6 Å². The van der Waals surface area contributed by atoms with Crippen molar-refractivity contribution >= 4 is 23.5 Å². The summed E-state index contributed by atoms with van der Waals surface area (Å²) in [6, 6.07) is 2.15. The predicted octanol–water partition coefficient (Wildman–Crippen LogP) is 4.96. The van der Waals surface area contributed by atoms with Gasteiger partial charge in [-0.05, 0) is 93.1 Å². The zero-order valence-electron chi connectivity index (χ0n) is 18.1. The molecule has 1 aliphatic heterocycles. The van der Waals surface area contributed by atoms with E-state index in [0.29, 0.717) is 42.9 Å². The van der Waals surface area contributed by atoms with Crippen LogP contribution in [0, 0.1) is 23.6 Å². The monoisotopic (exact) mass is 461 g/mol. The second kappa shape index (κ2) is 7.34. The summed E-state index contributed by atoms with van der Waals surface area (Å²) in [4.78, 5) is 25.8. The van der Waals surface area contributed by atoms with Crippen molar-refractivity contribution < 1.29 is 23.8 Å². The molecule has 7 heteroatoms. The molecule has 1 saturated heterocycles. The van der Waals surface area contributed by atoms with Gasteiger partial charge in [0.25, 0.3) is 5.91 Å². The smallest absolute Gasteiger partial charge is 0.326 e. The lowest BCUT2D eigenvalue weighted by molar-refractivity contribution is -0.141. The molecule has 1 N–H and O–H groups in total. The number of nitrogens with zero attached hydrogens (tertiary/aromatic N) is 1. The average Bonchev–Trinajstić information content (AvgIpc) is 3.43. The Morgan fingerprint density at radius 2 is 1.84 bits per heavy atom. The normalized spacial score (nSPS) is 37.7. The first-order valence-electron chi connectivity index (χ1n) is 12.0. The number of aliphatic carboxylic acids is 1. The Balaban J connectivity index is 1.29. The third-order valence-electron chi connectivity index (χ3n) is 8.52. The van der Waals surface area contributed by atoms with Crippen LogP contribution in [0.3, 0.4) is 0 Å². The molecular weight excluding hydrogens is 433 g/mol. The van der Waals surface area contributed by atoms with E-state index < -0.39 is 23.7 Å². The molecule has 0 radical (unpaired) electrons. The van der Waals surface area contributed by atoms with E-state index in [-0.39, 0.29) is 22.5 Å². The van der Waals surface area contributed by atoms with Gasteiger partial charge >= 0.3 is 5.97 Å². The third kappa shape index (κ3) is 3.41. The fourth-order valence-corrected chi connectivity index (χ4v) is 7.80. The van der Waals surface area contributed by atoms with Crippen LogP contribution in [0.5, 0.6) is 5.75 Å². The summed E-state index contributed by atoms with van der Waals surface area (Å²) < 4.78 is 21.8. The van der Waals surface area contributed by atoms with Gasteiger partial charge in [0.05, 0.1) is 5.56 Å². The maximum atomic E-state index is 15.2. The maximum Gasteiger partial charge on any atom is 0.326 e. The van der Waals surface area contributed by atoms with Gasteiger partial charge < -0.3 is 14.7 Å². The molecule has 7 rings (SSSR count). The topological polar surface area (TPSA) is 66.8 Å². The van der Waals surface area contributed by atoms with Crippen LogP contribution in [-0.4, -0.2) is 45.4 Å². The summed E-state index contributed by atoms with van der Waals surface area (Å²) >= 11 is 6.87. The highest BCUT2D eigenvalue weighted by Gasteiger charge is 2.56. The van der Waals surface area contributed by atoms with E-state index >= 15 is 4.39 Å². The quantitative estimate of drug-likeness (QED) is 0.629. The maximum absolute atomic E-state index is 15.2. The molecule has 32 heavy (non-hydrogen) atoms. The van der Waals surface area contributed by atoms with Gasteiger partial charge in [0.2, 0.25) is 0 Å². The molecule has 5 aliphatic carbocycles. The standard InChI is InChI=1S/C25H29ClFNO4/c26-25-10-13-6-15(11-25)22(16(7-13)12-25)32-21-9-19(27)18(8-17(21)14-3-4-14)23(29)28-5-1-2-20(28)24(30)31/h8-9,13-16,20,22H,1-7,10-12H2,(H,30,31)/t13?,15-,16+,20?,22?,25?. The molecule has 6 atom stereocenters. The van der Waals surface area contributed by atoms with Crippen LogP contribution < -0.4 is 4.74 Å². The lowest BCUT2D eigenvalue weighted by Gasteiger charge is -2.57. The van der Waals surface area contributed by atoms with E-state index in [1.54, 1.807) is 6.07 Å². The Morgan fingerprint density at radius 1 is 1.12 bits per heavy atom. The van der Waals surface area contributed by atoms with Gasteiger partial charge in [0.15, 0.2) is 0 Å². The zero-order chi connectivity index (χ0) is 22.2. The number of hydrogen-bond donors (Lipinski definition) is 1. The molecule has 4 bridgehead atoms. The molecule has 1 aromatic carbocycles. The van der Waals surface area contributed by atoms with Crippen molar-refractivity contribution in [3.63, 3.8) is 0 Å². The van der Waals surface area contributed by atoms with Crippen LogP contribution in [0.15, 0.2) is 12.1 Å². The second-order valence-corrected chi connectivity index (χ2v) is 11.6. The van der Waals surface area contributed by atoms with Crippen LogP contribution in [-0.2, 0) is 4.79 Å². The Bertz CT molecular complexity index is 963. The number of rotatable bonds is 5. The van der Waals surface area contributed by atoms with Crippen molar-refractivity contribution in [2.24, 2.45) is 17.8 Å². The zero-order valence-corrected chi connectivity index (χ0v) is 18.8. The molecule has 1 aromatic rings. The Morgan fingerprint density at radius 3 is 2.47 bits per heavy atom. The largest absolute Gasteiger partial charge is 0.489 e. The number of benzene rings is 1. The van der Waals surface area contributed by atoms with E-state index in [1.807, 2.05) is 0 Å². The lowest BCUT2D eigenvalue weighted by atomic mass is 9.54. The molecule has 5 saturated carbocycles. The summed E-state index contributed by atoms with van der Waals surface area (Å²) in [6.45, 7) is 0.346. The molecule has 5 nitrogen and oxygen atoms in total. The Hall–Kier alpha value is -1.82. The molecule has 6 fully saturated rings. The first-order chi connectivity index (χ1) is 15.3. The van der Waals surface area contributed by atoms with Crippen LogP contribution >= 0.6 is 11.6 Å². The number of amides is 1. The van der Waals surface area contributed by atoms with Crippen molar-refractivity contribution in [1.29, 1.82) is 0 Å². The van der Waals surface area contributed by atoms with E-state index in [9.17, 15) is 14.7 Å². The van der Waals surface area contributed by atoms with E-state index in [0.717, 1.165) is 50.5 Å². The number of carbonyl (C=O) groups excluding carboxylic acids is 1. The number of carboxylic acid groups (broad SMARTS) is 1. The predicted molar refractivity (Wildman–Crippen MR) is 117 cm³/mol. The third-order valence-corrected chi connectivity index (χ3v) is 8.98. The van der Waals surface area contributed by atoms with Crippen LogP contribution in [0.2, 0.25) is 0 Å². The fraction of sp³-hybridized carbons (Fsp3) is 0.680. The lowest BCUT2D eigenvalue weighted by Crippen LogP contribution is -2.56. The van der Waals surface area contributed by atoms with E-state index in [1.165, 1.54) is 11.0 Å². The number of carbonyl (C=O) groups is 2. The Kier molecular flexibility index (Phi) is 4.76. The van der Waals surface area contributed by atoms with Gasteiger partial charge in [-0.3, -0.25) is 4.79 Å². The summed E-state index contributed by atoms with van der Waals surface area (Å²) in [6.07, 6.45) is 8.42. The van der Waals surface area contributed by atoms with E-state index in [4.69, 9.17) is 16.3 Å². The van der Waals surface area contributed by atoms with Gasteiger partial charge in [0, 0.05) is 17.5 Å². The number of halogens is 2. The van der Waals surface area contributed by atoms with Crippen molar-refractivity contribution in [2.45, 2.75) is 80.7 Å². The summed E-state index contributed by atoms with van der Waals surface area (Å²) in [5, 5.41) is 9.43. The van der Waals surface area contributed by atoms with Crippen molar-refractivity contribution in [2.75, 3.05) is 6.54 Å². The summed E-state index contributed by atoms with van der Waals surface area (Å²) in [5.74, 6) is 0.181. The van der Waals surface area contributed by atoms with Gasteiger partial charge in [-0.1, -0.05) is 0 Å².